The van der Waals surface area contributed by atoms with E-state index in [0.29, 0.717) is 24.9 Å². The summed E-state index contributed by atoms with van der Waals surface area (Å²) in [7, 11) is 1.84. The van der Waals surface area contributed by atoms with Gasteiger partial charge in [-0.25, -0.2) is 4.98 Å². The first kappa shape index (κ1) is 12.3. The van der Waals surface area contributed by atoms with Crippen molar-refractivity contribution in [3.8, 4) is 0 Å². The molecule has 1 aromatic heterocycles. The molecule has 1 fully saturated rings. The summed E-state index contributed by atoms with van der Waals surface area (Å²) in [6.45, 7) is 3.20. The summed E-state index contributed by atoms with van der Waals surface area (Å²) in [5.41, 5.74) is 0.655. The lowest BCUT2D eigenvalue weighted by atomic mass is 10.2. The Balaban J connectivity index is 2.25. The van der Waals surface area contributed by atoms with Crippen LogP contribution in [0.4, 0.5) is 0 Å². The van der Waals surface area contributed by atoms with E-state index in [-0.39, 0.29) is 11.7 Å². The molecule has 2 N–H and O–H groups in total. The highest BCUT2D eigenvalue weighted by molar-refractivity contribution is 5.06. The summed E-state index contributed by atoms with van der Waals surface area (Å²) >= 11 is 0. The summed E-state index contributed by atoms with van der Waals surface area (Å²) < 4.78 is 5.69. The quantitative estimate of drug-likeness (QED) is 0.774. The highest BCUT2D eigenvalue weighted by Gasteiger charge is 2.34. The average Bonchev–Trinajstić information content (AvgIpc) is 3.09. The van der Waals surface area contributed by atoms with E-state index in [1.54, 1.807) is 0 Å². The summed E-state index contributed by atoms with van der Waals surface area (Å²) in [5.74, 6) is 1.19. The van der Waals surface area contributed by atoms with E-state index in [1.807, 2.05) is 14.0 Å². The predicted molar refractivity (Wildman–Crippen MR) is 64.7 cm³/mol. The standard InChI is InChI=1S/C12H19N3O2/c1-3-17-11(8-4-5-8)12-14-9(7-13-2)6-10(16)15-12/h6,8,11,13H,3-5,7H2,1-2H3,(H,14,15,16). The minimum Gasteiger partial charge on any atom is -0.370 e. The van der Waals surface area contributed by atoms with Gasteiger partial charge in [-0.1, -0.05) is 0 Å². The van der Waals surface area contributed by atoms with Crippen LogP contribution in [0.25, 0.3) is 0 Å². The maximum atomic E-state index is 11.6. The fourth-order valence-electron chi connectivity index (χ4n) is 1.95. The van der Waals surface area contributed by atoms with E-state index in [4.69, 9.17) is 4.74 Å². The minimum atomic E-state index is -0.106. The van der Waals surface area contributed by atoms with Crippen LogP contribution in [0.5, 0.6) is 0 Å². The number of nitrogens with zero attached hydrogens (tertiary/aromatic N) is 1. The molecule has 1 aromatic rings. The second-order valence-corrected chi connectivity index (χ2v) is 4.37. The Morgan fingerprint density at radius 1 is 1.65 bits per heavy atom. The van der Waals surface area contributed by atoms with Crippen molar-refractivity contribution >= 4 is 0 Å². The number of aromatic amines is 1. The molecule has 2 rings (SSSR count). The first-order chi connectivity index (χ1) is 8.24. The van der Waals surface area contributed by atoms with Gasteiger partial charge >= 0.3 is 0 Å². The maximum absolute atomic E-state index is 11.6. The van der Waals surface area contributed by atoms with E-state index in [2.05, 4.69) is 15.3 Å². The van der Waals surface area contributed by atoms with Crippen LogP contribution in [-0.2, 0) is 11.3 Å². The van der Waals surface area contributed by atoms with E-state index < -0.39 is 0 Å². The lowest BCUT2D eigenvalue weighted by molar-refractivity contribution is 0.0397. The van der Waals surface area contributed by atoms with Crippen molar-refractivity contribution < 1.29 is 4.74 Å². The van der Waals surface area contributed by atoms with Gasteiger partial charge in [0.1, 0.15) is 11.9 Å². The predicted octanol–water partition coefficient (Wildman–Crippen LogP) is 0.977. The molecule has 0 radical (unpaired) electrons. The van der Waals surface area contributed by atoms with Crippen molar-refractivity contribution in [1.29, 1.82) is 0 Å². The van der Waals surface area contributed by atoms with Crippen LogP contribution >= 0.6 is 0 Å². The molecule has 1 saturated carbocycles. The minimum absolute atomic E-state index is 0.0514. The largest absolute Gasteiger partial charge is 0.370 e. The zero-order chi connectivity index (χ0) is 12.3. The molecule has 0 spiro atoms. The number of H-pyrrole nitrogens is 1. The maximum Gasteiger partial charge on any atom is 0.251 e. The smallest absolute Gasteiger partial charge is 0.251 e. The molecule has 0 saturated heterocycles. The van der Waals surface area contributed by atoms with Crippen LogP contribution in [0.3, 0.4) is 0 Å². The Hall–Kier alpha value is -1.20. The number of hydrogen-bond donors (Lipinski definition) is 2. The molecular formula is C12H19N3O2. The lowest BCUT2D eigenvalue weighted by Crippen LogP contribution is -2.20. The van der Waals surface area contributed by atoms with Gasteiger partial charge in [-0.2, -0.15) is 0 Å². The van der Waals surface area contributed by atoms with Crippen molar-refractivity contribution in [2.24, 2.45) is 5.92 Å². The molecule has 17 heavy (non-hydrogen) atoms. The van der Waals surface area contributed by atoms with Crippen molar-refractivity contribution in [1.82, 2.24) is 15.3 Å². The van der Waals surface area contributed by atoms with E-state index in [1.165, 1.54) is 6.07 Å². The molecule has 1 atom stereocenters. The van der Waals surface area contributed by atoms with Gasteiger partial charge in [-0.05, 0) is 32.7 Å². The van der Waals surface area contributed by atoms with Gasteiger partial charge in [0.05, 0.1) is 5.69 Å². The van der Waals surface area contributed by atoms with Crippen molar-refractivity contribution in [3.05, 3.63) is 27.9 Å². The summed E-state index contributed by atoms with van der Waals surface area (Å²) in [4.78, 5) is 18.8. The second kappa shape index (κ2) is 5.42. The summed E-state index contributed by atoms with van der Waals surface area (Å²) in [6.07, 6.45) is 2.26. The third-order valence-electron chi connectivity index (χ3n) is 2.84. The number of nitrogens with one attached hydrogen (secondary N) is 2. The van der Waals surface area contributed by atoms with Gasteiger partial charge in [0.15, 0.2) is 0 Å². The Kier molecular flexibility index (Phi) is 3.91. The molecule has 1 heterocycles. The third kappa shape index (κ3) is 3.14. The summed E-state index contributed by atoms with van der Waals surface area (Å²) in [6, 6.07) is 1.52. The van der Waals surface area contributed by atoms with Crippen LogP contribution in [-0.4, -0.2) is 23.6 Å². The van der Waals surface area contributed by atoms with Crippen molar-refractivity contribution in [2.75, 3.05) is 13.7 Å². The van der Waals surface area contributed by atoms with Crippen molar-refractivity contribution in [2.45, 2.75) is 32.4 Å². The normalized spacial score (nSPS) is 17.1. The number of rotatable bonds is 6. The molecular weight excluding hydrogens is 218 g/mol. The fraction of sp³-hybridized carbons (Fsp3) is 0.667. The molecule has 0 bridgehead atoms. The third-order valence-corrected chi connectivity index (χ3v) is 2.84. The zero-order valence-electron chi connectivity index (χ0n) is 10.3. The van der Waals surface area contributed by atoms with E-state index in [9.17, 15) is 4.79 Å². The molecule has 1 unspecified atom stereocenters. The van der Waals surface area contributed by atoms with Gasteiger partial charge in [0, 0.05) is 19.2 Å². The van der Waals surface area contributed by atoms with Gasteiger partial charge in [0.25, 0.3) is 5.56 Å². The van der Waals surface area contributed by atoms with Crippen LogP contribution in [0.2, 0.25) is 0 Å². The van der Waals surface area contributed by atoms with Gasteiger partial charge in [0.2, 0.25) is 0 Å². The second-order valence-electron chi connectivity index (χ2n) is 4.37. The molecule has 5 heteroatoms. The van der Waals surface area contributed by atoms with Crippen molar-refractivity contribution in [3.63, 3.8) is 0 Å². The topological polar surface area (TPSA) is 67.0 Å². The van der Waals surface area contributed by atoms with Gasteiger partial charge in [-0.15, -0.1) is 0 Å². The van der Waals surface area contributed by atoms with Crippen LogP contribution in [0, 0.1) is 5.92 Å². The average molecular weight is 237 g/mol. The molecule has 0 amide bonds. The van der Waals surface area contributed by atoms with E-state index in [0.717, 1.165) is 18.5 Å². The zero-order valence-corrected chi connectivity index (χ0v) is 10.3. The first-order valence-electron chi connectivity index (χ1n) is 6.11. The van der Waals surface area contributed by atoms with Crippen LogP contribution < -0.4 is 10.9 Å². The SMILES string of the molecule is CCOC(c1nc(CNC)cc(=O)[nH]1)C1CC1. The van der Waals surface area contributed by atoms with Crippen LogP contribution in [0.1, 0.15) is 37.4 Å². The highest BCUT2D eigenvalue weighted by atomic mass is 16.5. The molecule has 1 aliphatic rings. The lowest BCUT2D eigenvalue weighted by Gasteiger charge is -2.15. The number of ether oxygens (including phenoxy) is 1. The molecule has 0 aromatic carbocycles. The van der Waals surface area contributed by atoms with Gasteiger partial charge in [-0.3, -0.25) is 4.79 Å². The van der Waals surface area contributed by atoms with E-state index >= 15 is 0 Å². The Morgan fingerprint density at radius 2 is 2.41 bits per heavy atom. The molecule has 5 nitrogen and oxygen atoms in total. The fourth-order valence-corrected chi connectivity index (χ4v) is 1.95. The molecule has 0 aliphatic heterocycles. The molecule has 1 aliphatic carbocycles. The number of hydrogen-bond acceptors (Lipinski definition) is 4. The Labute approximate surface area is 101 Å². The monoisotopic (exact) mass is 237 g/mol. The van der Waals surface area contributed by atoms with Gasteiger partial charge < -0.3 is 15.0 Å². The first-order valence-corrected chi connectivity index (χ1v) is 6.11. The Morgan fingerprint density at radius 3 is 3.00 bits per heavy atom. The number of aromatic nitrogens is 2. The van der Waals surface area contributed by atoms with Crippen LogP contribution in [0.15, 0.2) is 10.9 Å². The Bertz CT molecular complexity index is 426. The highest BCUT2D eigenvalue weighted by Crippen LogP contribution is 2.41. The summed E-state index contributed by atoms with van der Waals surface area (Å²) in [5, 5.41) is 3.00. The molecule has 94 valence electrons.